The summed E-state index contributed by atoms with van der Waals surface area (Å²) < 4.78 is 7.25. The average molecular weight is 294 g/mol. The first kappa shape index (κ1) is 16.0. The van der Waals surface area contributed by atoms with Gasteiger partial charge in [0, 0.05) is 25.9 Å². The van der Waals surface area contributed by atoms with Gasteiger partial charge in [0.05, 0.1) is 17.8 Å². The number of nitrogens with zero attached hydrogens (tertiary/aromatic N) is 3. The van der Waals surface area contributed by atoms with Crippen LogP contribution in [0, 0.1) is 20.8 Å². The summed E-state index contributed by atoms with van der Waals surface area (Å²) in [6, 6.07) is 0.0560. The van der Waals surface area contributed by atoms with Crippen molar-refractivity contribution in [3.05, 3.63) is 17.0 Å². The van der Waals surface area contributed by atoms with E-state index in [1.54, 1.807) is 11.8 Å². The second kappa shape index (κ2) is 6.58. The molecule has 1 aliphatic rings. The maximum Gasteiger partial charge on any atom is 0.242 e. The van der Waals surface area contributed by atoms with E-state index in [0.29, 0.717) is 0 Å². The van der Waals surface area contributed by atoms with Crippen LogP contribution in [0.5, 0.6) is 0 Å². The predicted octanol–water partition coefficient (Wildman–Crippen LogP) is 0.644. The fourth-order valence-corrected chi connectivity index (χ4v) is 2.82. The number of nitrogens with one attached hydrogen (secondary N) is 1. The molecule has 6 nitrogen and oxygen atoms in total. The summed E-state index contributed by atoms with van der Waals surface area (Å²) in [5.74, 6) is -0.00870. The van der Waals surface area contributed by atoms with Crippen molar-refractivity contribution in [3.63, 3.8) is 0 Å². The van der Waals surface area contributed by atoms with Crippen LogP contribution in [0.4, 0.5) is 0 Å². The van der Waals surface area contributed by atoms with Gasteiger partial charge in [0.15, 0.2) is 0 Å². The monoisotopic (exact) mass is 294 g/mol. The van der Waals surface area contributed by atoms with Crippen molar-refractivity contribution in [1.82, 2.24) is 20.0 Å². The number of carbonyl (C=O) groups excluding carboxylic acids is 1. The summed E-state index contributed by atoms with van der Waals surface area (Å²) in [7, 11) is 1.70. The van der Waals surface area contributed by atoms with Gasteiger partial charge in [0.25, 0.3) is 0 Å². The van der Waals surface area contributed by atoms with Crippen LogP contribution in [0.1, 0.15) is 23.9 Å². The van der Waals surface area contributed by atoms with Gasteiger partial charge in [-0.2, -0.15) is 5.10 Å². The van der Waals surface area contributed by atoms with E-state index in [2.05, 4.69) is 22.2 Å². The van der Waals surface area contributed by atoms with Crippen molar-refractivity contribution in [3.8, 4) is 0 Å². The molecule has 1 aromatic heterocycles. The summed E-state index contributed by atoms with van der Waals surface area (Å²) in [4.78, 5) is 14.5. The van der Waals surface area contributed by atoms with Gasteiger partial charge in [-0.25, -0.2) is 0 Å². The third kappa shape index (κ3) is 3.44. The number of carbonyl (C=O) groups is 1. The maximum atomic E-state index is 12.3. The fourth-order valence-electron chi connectivity index (χ4n) is 2.82. The number of aromatic nitrogens is 2. The van der Waals surface area contributed by atoms with Crippen LogP contribution < -0.4 is 5.32 Å². The van der Waals surface area contributed by atoms with Gasteiger partial charge in [-0.15, -0.1) is 0 Å². The quantitative estimate of drug-likeness (QED) is 0.866. The summed E-state index contributed by atoms with van der Waals surface area (Å²) in [5.41, 5.74) is 3.18. The Morgan fingerprint density at radius 2 is 2.10 bits per heavy atom. The molecule has 2 heterocycles. The highest BCUT2D eigenvalue weighted by atomic mass is 16.5. The van der Waals surface area contributed by atoms with Gasteiger partial charge in [-0.1, -0.05) is 6.92 Å². The van der Waals surface area contributed by atoms with E-state index in [9.17, 15) is 4.79 Å². The largest absolute Gasteiger partial charge is 0.378 e. The van der Waals surface area contributed by atoms with Crippen molar-refractivity contribution in [1.29, 1.82) is 0 Å². The molecule has 0 radical (unpaired) electrons. The van der Waals surface area contributed by atoms with Crippen LogP contribution in [0.3, 0.4) is 0 Å². The van der Waals surface area contributed by atoms with Gasteiger partial charge < -0.3 is 10.1 Å². The first-order valence-corrected chi connectivity index (χ1v) is 7.51. The first-order valence-electron chi connectivity index (χ1n) is 7.51. The Kier molecular flexibility index (Phi) is 5.00. The number of rotatable bonds is 5. The van der Waals surface area contributed by atoms with Crippen molar-refractivity contribution < 1.29 is 9.53 Å². The minimum atomic E-state index is -0.00870. The van der Waals surface area contributed by atoms with E-state index in [-0.39, 0.29) is 24.6 Å². The minimum Gasteiger partial charge on any atom is -0.378 e. The molecular weight excluding hydrogens is 268 g/mol. The molecule has 0 aliphatic carbocycles. The zero-order valence-corrected chi connectivity index (χ0v) is 13.6. The van der Waals surface area contributed by atoms with E-state index in [1.165, 1.54) is 0 Å². The van der Waals surface area contributed by atoms with Crippen molar-refractivity contribution in [2.45, 2.75) is 46.4 Å². The molecule has 1 N–H and O–H groups in total. The molecule has 6 heteroatoms. The Morgan fingerprint density at radius 1 is 1.38 bits per heavy atom. The average Bonchev–Trinajstić information content (AvgIpc) is 2.95. The molecule has 0 spiro atoms. The molecule has 118 valence electrons. The molecule has 1 saturated heterocycles. The molecule has 0 bridgehead atoms. The lowest BCUT2D eigenvalue weighted by Crippen LogP contribution is -2.45. The lowest BCUT2D eigenvalue weighted by atomic mass is 10.2. The topological polar surface area (TPSA) is 59.4 Å². The lowest BCUT2D eigenvalue weighted by molar-refractivity contribution is -0.123. The van der Waals surface area contributed by atoms with Gasteiger partial charge >= 0.3 is 0 Å². The third-order valence-electron chi connectivity index (χ3n) is 4.47. The van der Waals surface area contributed by atoms with Crippen molar-refractivity contribution >= 4 is 5.91 Å². The molecule has 0 unspecified atom stereocenters. The normalized spacial score (nSPS) is 22.7. The van der Waals surface area contributed by atoms with Gasteiger partial charge in [-0.3, -0.25) is 14.4 Å². The summed E-state index contributed by atoms with van der Waals surface area (Å²) >= 11 is 0. The second-order valence-corrected chi connectivity index (χ2v) is 5.75. The van der Waals surface area contributed by atoms with Crippen LogP contribution in [-0.2, 0) is 16.1 Å². The van der Waals surface area contributed by atoms with E-state index in [4.69, 9.17) is 4.74 Å². The van der Waals surface area contributed by atoms with Crippen LogP contribution in [0.2, 0.25) is 0 Å². The smallest absolute Gasteiger partial charge is 0.242 e. The SMILES string of the molecule is CCN1C[C@H](NC(=O)Cn2nc(C)c(C)c2C)[C@@H](OC)C1. The number of likely N-dealkylation sites (tertiary alicyclic amines) is 1. The summed E-state index contributed by atoms with van der Waals surface area (Å²) in [6.45, 7) is 11.1. The summed E-state index contributed by atoms with van der Waals surface area (Å²) in [6.07, 6.45) is 0.0658. The van der Waals surface area contributed by atoms with E-state index in [0.717, 1.165) is 36.6 Å². The van der Waals surface area contributed by atoms with Crippen LogP contribution in [0.25, 0.3) is 0 Å². The van der Waals surface area contributed by atoms with Crippen LogP contribution >= 0.6 is 0 Å². The number of hydrogen-bond donors (Lipinski definition) is 1. The summed E-state index contributed by atoms with van der Waals surface area (Å²) in [5, 5.41) is 7.49. The maximum absolute atomic E-state index is 12.3. The Labute approximate surface area is 126 Å². The van der Waals surface area contributed by atoms with E-state index in [1.807, 2.05) is 20.8 Å². The molecule has 2 rings (SSSR count). The van der Waals surface area contributed by atoms with Crippen LogP contribution in [-0.4, -0.2) is 59.5 Å². The second-order valence-electron chi connectivity index (χ2n) is 5.75. The Morgan fingerprint density at radius 3 is 2.62 bits per heavy atom. The highest BCUT2D eigenvalue weighted by molar-refractivity contribution is 5.76. The number of amides is 1. The highest BCUT2D eigenvalue weighted by Crippen LogP contribution is 2.13. The van der Waals surface area contributed by atoms with Gasteiger partial charge in [0.2, 0.25) is 5.91 Å². The fraction of sp³-hybridized carbons (Fsp3) is 0.733. The number of methoxy groups -OCH3 is 1. The Balaban J connectivity index is 1.96. The molecule has 1 aliphatic heterocycles. The molecule has 0 aromatic carbocycles. The molecule has 1 fully saturated rings. The molecule has 21 heavy (non-hydrogen) atoms. The van der Waals surface area contributed by atoms with E-state index < -0.39 is 0 Å². The molecule has 1 amide bonds. The van der Waals surface area contributed by atoms with Crippen molar-refractivity contribution in [2.75, 3.05) is 26.7 Å². The lowest BCUT2D eigenvalue weighted by Gasteiger charge is -2.18. The zero-order valence-electron chi connectivity index (χ0n) is 13.6. The third-order valence-corrected chi connectivity index (χ3v) is 4.47. The zero-order chi connectivity index (χ0) is 15.6. The highest BCUT2D eigenvalue weighted by Gasteiger charge is 2.33. The minimum absolute atomic E-state index is 0.00870. The predicted molar refractivity (Wildman–Crippen MR) is 81.3 cm³/mol. The van der Waals surface area contributed by atoms with E-state index >= 15 is 0 Å². The molecule has 1 aromatic rings. The molecular formula is C15H26N4O2. The number of hydrogen-bond acceptors (Lipinski definition) is 4. The molecule has 0 saturated carbocycles. The van der Waals surface area contributed by atoms with Gasteiger partial charge in [0.1, 0.15) is 6.54 Å². The number of ether oxygens (including phenoxy) is 1. The Bertz CT molecular complexity index is 512. The Hall–Kier alpha value is -1.40. The number of likely N-dealkylation sites (N-methyl/N-ethyl adjacent to an activating group) is 1. The first-order chi connectivity index (χ1) is 9.96. The van der Waals surface area contributed by atoms with Crippen molar-refractivity contribution in [2.24, 2.45) is 0 Å². The van der Waals surface area contributed by atoms with Gasteiger partial charge in [-0.05, 0) is 32.9 Å². The standard InChI is InChI=1S/C15H26N4O2/c1-6-18-7-13(14(8-18)21-5)16-15(20)9-19-12(4)10(2)11(3)17-19/h13-14H,6-9H2,1-5H3,(H,16,20)/t13-,14-/m0/s1. The van der Waals surface area contributed by atoms with Crippen LogP contribution in [0.15, 0.2) is 0 Å². The molecule has 2 atom stereocenters. The number of aryl methyl sites for hydroxylation is 1.